The summed E-state index contributed by atoms with van der Waals surface area (Å²) < 4.78 is 34.5. The van der Waals surface area contributed by atoms with Crippen LogP contribution in [0.4, 0.5) is 14.6 Å². The highest BCUT2D eigenvalue weighted by atomic mass is 32.1. The predicted molar refractivity (Wildman–Crippen MR) is 117 cm³/mol. The van der Waals surface area contributed by atoms with Crippen molar-refractivity contribution >= 4 is 23.0 Å². The summed E-state index contributed by atoms with van der Waals surface area (Å²) >= 11 is 1.17. The molecule has 1 N–H and O–H groups in total. The number of aromatic nitrogens is 5. The van der Waals surface area contributed by atoms with E-state index in [0.29, 0.717) is 46.4 Å². The Morgan fingerprint density at radius 3 is 2.75 bits per heavy atom. The molecule has 1 aliphatic rings. The maximum Gasteiger partial charge on any atom is 0.173 e. The Morgan fingerprint density at radius 1 is 1.19 bits per heavy atom. The molecule has 166 valence electrons. The van der Waals surface area contributed by atoms with E-state index in [2.05, 4.69) is 14.5 Å². The van der Waals surface area contributed by atoms with Gasteiger partial charge in [-0.3, -0.25) is 0 Å². The zero-order valence-corrected chi connectivity index (χ0v) is 18.7. The van der Waals surface area contributed by atoms with Crippen LogP contribution in [-0.2, 0) is 11.1 Å². The zero-order valence-electron chi connectivity index (χ0n) is 17.9. The van der Waals surface area contributed by atoms with Crippen LogP contribution in [0.25, 0.3) is 16.2 Å². The van der Waals surface area contributed by atoms with Gasteiger partial charge in [-0.2, -0.15) is 9.47 Å². The van der Waals surface area contributed by atoms with Gasteiger partial charge >= 0.3 is 0 Å². The van der Waals surface area contributed by atoms with Gasteiger partial charge in [0.2, 0.25) is 0 Å². The predicted octanol–water partition coefficient (Wildman–Crippen LogP) is 4.27. The number of benzene rings is 1. The Morgan fingerprint density at radius 2 is 2.00 bits per heavy atom. The number of halogens is 2. The highest BCUT2D eigenvalue weighted by Gasteiger charge is 2.41. The number of fused-ring (bicyclic) bond motifs is 1. The minimum Gasteiger partial charge on any atom is -0.382 e. The number of hydrogen-bond acceptors (Lipinski definition) is 7. The smallest absolute Gasteiger partial charge is 0.173 e. The molecule has 1 aromatic carbocycles. The molecular formula is C22H22F2N6OS. The van der Waals surface area contributed by atoms with Gasteiger partial charge in [-0.05, 0) is 69.4 Å². The van der Waals surface area contributed by atoms with Gasteiger partial charge in [-0.15, -0.1) is 0 Å². The lowest BCUT2D eigenvalue weighted by atomic mass is 9.88. The fourth-order valence-electron chi connectivity index (χ4n) is 4.26. The maximum atomic E-state index is 14.7. The fraction of sp³-hybridized carbons (Fsp3) is 0.364. The topological polar surface area (TPSA) is 79.4 Å². The van der Waals surface area contributed by atoms with Crippen LogP contribution in [0.3, 0.4) is 0 Å². The SMILES string of the molecule is CC(C)(O)c1nsc(-c2cnn3ccc(N4CCC[C@]4(C)c4cc(F)ccc4F)nc23)n1. The molecule has 4 aromatic rings. The van der Waals surface area contributed by atoms with E-state index in [1.165, 1.54) is 23.7 Å². The van der Waals surface area contributed by atoms with E-state index in [4.69, 9.17) is 4.98 Å². The van der Waals surface area contributed by atoms with Crippen LogP contribution in [0.15, 0.2) is 36.7 Å². The molecule has 0 saturated carbocycles. The van der Waals surface area contributed by atoms with Crippen LogP contribution in [0, 0.1) is 11.6 Å². The van der Waals surface area contributed by atoms with Gasteiger partial charge in [-0.1, -0.05) is 0 Å². The van der Waals surface area contributed by atoms with Crippen molar-refractivity contribution in [3.63, 3.8) is 0 Å². The summed E-state index contributed by atoms with van der Waals surface area (Å²) in [5.41, 5.74) is -0.283. The van der Waals surface area contributed by atoms with Crippen LogP contribution in [-0.4, -0.2) is 35.6 Å². The molecule has 0 spiro atoms. The van der Waals surface area contributed by atoms with Crippen LogP contribution in [0.2, 0.25) is 0 Å². The molecule has 0 unspecified atom stereocenters. The fourth-order valence-corrected chi connectivity index (χ4v) is 5.07. The molecule has 1 aliphatic heterocycles. The molecule has 0 amide bonds. The molecule has 0 bridgehead atoms. The first kappa shape index (κ1) is 20.9. The number of rotatable bonds is 4. The molecule has 10 heteroatoms. The third-order valence-corrected chi connectivity index (χ3v) is 6.73. The van der Waals surface area contributed by atoms with E-state index >= 15 is 0 Å². The van der Waals surface area contributed by atoms with Crippen LogP contribution >= 0.6 is 11.5 Å². The largest absolute Gasteiger partial charge is 0.382 e. The Kier molecular flexibility index (Phi) is 4.75. The minimum absolute atomic E-state index is 0.323. The quantitative estimate of drug-likeness (QED) is 0.494. The molecule has 5 rings (SSSR count). The lowest BCUT2D eigenvalue weighted by Crippen LogP contribution is -2.40. The summed E-state index contributed by atoms with van der Waals surface area (Å²) in [4.78, 5) is 11.3. The van der Waals surface area contributed by atoms with E-state index in [9.17, 15) is 13.9 Å². The number of hydrogen-bond donors (Lipinski definition) is 1. The summed E-state index contributed by atoms with van der Waals surface area (Å²) in [5.74, 6) is 0.0895. The van der Waals surface area contributed by atoms with Gasteiger partial charge in [0.25, 0.3) is 0 Å². The molecule has 1 saturated heterocycles. The molecule has 0 aliphatic carbocycles. The van der Waals surface area contributed by atoms with Gasteiger partial charge in [0.05, 0.1) is 17.3 Å². The summed E-state index contributed by atoms with van der Waals surface area (Å²) in [6.45, 7) is 5.85. The van der Waals surface area contributed by atoms with Crippen molar-refractivity contribution in [2.24, 2.45) is 0 Å². The zero-order chi connectivity index (χ0) is 22.7. The van der Waals surface area contributed by atoms with E-state index in [-0.39, 0.29) is 0 Å². The van der Waals surface area contributed by atoms with Gasteiger partial charge in [0, 0.05) is 18.3 Å². The Bertz CT molecular complexity index is 1310. The van der Waals surface area contributed by atoms with Gasteiger partial charge < -0.3 is 10.0 Å². The van der Waals surface area contributed by atoms with Crippen molar-refractivity contribution in [1.82, 2.24) is 24.0 Å². The van der Waals surface area contributed by atoms with Crippen LogP contribution in [0.5, 0.6) is 0 Å². The van der Waals surface area contributed by atoms with E-state index in [0.717, 1.165) is 12.5 Å². The average molecular weight is 457 g/mol. The Hall–Kier alpha value is -2.98. The van der Waals surface area contributed by atoms with Gasteiger partial charge in [0.1, 0.15) is 28.1 Å². The number of nitrogens with zero attached hydrogens (tertiary/aromatic N) is 6. The van der Waals surface area contributed by atoms with E-state index in [1.54, 1.807) is 30.8 Å². The van der Waals surface area contributed by atoms with Crippen molar-refractivity contribution in [1.29, 1.82) is 0 Å². The highest BCUT2D eigenvalue weighted by molar-refractivity contribution is 7.09. The number of anilines is 1. The van der Waals surface area contributed by atoms with Crippen LogP contribution < -0.4 is 4.90 Å². The van der Waals surface area contributed by atoms with Crippen molar-refractivity contribution in [3.05, 3.63) is 59.7 Å². The molecule has 0 radical (unpaired) electrons. The molecule has 4 heterocycles. The lowest BCUT2D eigenvalue weighted by Gasteiger charge is -2.37. The first-order chi connectivity index (χ1) is 15.2. The van der Waals surface area contributed by atoms with Crippen molar-refractivity contribution < 1.29 is 13.9 Å². The molecule has 1 fully saturated rings. The average Bonchev–Trinajstić information content (AvgIpc) is 3.46. The summed E-state index contributed by atoms with van der Waals surface area (Å²) in [7, 11) is 0. The summed E-state index contributed by atoms with van der Waals surface area (Å²) in [5, 5.41) is 15.1. The van der Waals surface area contributed by atoms with Crippen LogP contribution in [0.1, 0.15) is 45.0 Å². The minimum atomic E-state index is -1.15. The Balaban J connectivity index is 1.58. The maximum absolute atomic E-state index is 14.7. The summed E-state index contributed by atoms with van der Waals surface area (Å²) in [6.07, 6.45) is 4.96. The molecule has 1 atom stereocenters. The highest BCUT2D eigenvalue weighted by Crippen LogP contribution is 2.42. The first-order valence-corrected chi connectivity index (χ1v) is 11.1. The van der Waals surface area contributed by atoms with Crippen molar-refractivity contribution in [3.8, 4) is 10.6 Å². The molecule has 3 aromatic heterocycles. The lowest BCUT2D eigenvalue weighted by molar-refractivity contribution is 0.0701. The van der Waals surface area contributed by atoms with E-state index in [1.807, 2.05) is 17.9 Å². The Labute approximate surface area is 187 Å². The third kappa shape index (κ3) is 3.34. The van der Waals surface area contributed by atoms with Gasteiger partial charge in [-0.25, -0.2) is 23.3 Å². The second-order valence-electron chi connectivity index (χ2n) is 8.75. The monoisotopic (exact) mass is 456 g/mol. The van der Waals surface area contributed by atoms with E-state index < -0.39 is 22.8 Å². The first-order valence-electron chi connectivity index (χ1n) is 10.3. The second-order valence-corrected chi connectivity index (χ2v) is 9.50. The normalized spacial score (nSPS) is 19.2. The van der Waals surface area contributed by atoms with Gasteiger partial charge in [0.15, 0.2) is 11.5 Å². The second kappa shape index (κ2) is 7.28. The molecular weight excluding hydrogens is 434 g/mol. The molecule has 32 heavy (non-hydrogen) atoms. The third-order valence-electron chi connectivity index (χ3n) is 5.98. The molecule has 7 nitrogen and oxygen atoms in total. The standard InChI is InChI=1S/C22H22F2N6OS/c1-21(2,31)20-27-19(32-28-20)14-12-25-30-10-7-17(26-18(14)30)29-9-4-8-22(29,3)15-11-13(23)5-6-16(15)24/h5-7,10-12,31H,4,8-9H2,1-3H3/t22-/m1/s1. The van der Waals surface area contributed by atoms with Crippen molar-refractivity contribution in [2.75, 3.05) is 11.4 Å². The summed E-state index contributed by atoms with van der Waals surface area (Å²) in [6, 6.07) is 5.41. The van der Waals surface area contributed by atoms with Crippen molar-refractivity contribution in [2.45, 2.75) is 44.8 Å². The number of aliphatic hydroxyl groups is 1.